The second-order valence-electron chi connectivity index (χ2n) is 5.41. The molecule has 2 N–H and O–H groups in total. The van der Waals surface area contributed by atoms with Crippen LogP contribution < -0.4 is 15.4 Å². The van der Waals surface area contributed by atoms with Crippen molar-refractivity contribution in [1.29, 1.82) is 0 Å². The third kappa shape index (κ3) is 5.71. The van der Waals surface area contributed by atoms with E-state index in [-0.39, 0.29) is 0 Å². The fraction of sp³-hybridized carbons (Fsp3) is 0.438. The lowest BCUT2D eigenvalue weighted by molar-refractivity contribution is 0.405. The van der Waals surface area contributed by atoms with Gasteiger partial charge in [-0.15, -0.1) is 5.10 Å². The smallest absolute Gasteiger partial charge is 0.244 e. The van der Waals surface area contributed by atoms with Crippen LogP contribution in [0.1, 0.15) is 12.0 Å². The fourth-order valence-corrected chi connectivity index (χ4v) is 2.10. The van der Waals surface area contributed by atoms with Crippen molar-refractivity contribution < 1.29 is 4.74 Å². The quantitative estimate of drug-likeness (QED) is 0.684. The van der Waals surface area contributed by atoms with Gasteiger partial charge in [0.15, 0.2) is 5.82 Å². The summed E-state index contributed by atoms with van der Waals surface area (Å²) in [4.78, 5) is 6.56. The molecule has 0 saturated heterocycles. The zero-order valence-electron chi connectivity index (χ0n) is 13.9. The molecule has 124 valence electrons. The Balaban J connectivity index is 1.87. The third-order valence-corrected chi connectivity index (χ3v) is 3.28. The van der Waals surface area contributed by atoms with E-state index in [2.05, 4.69) is 44.8 Å². The van der Waals surface area contributed by atoms with Gasteiger partial charge in [-0.2, -0.15) is 10.1 Å². The Morgan fingerprint density at radius 3 is 2.78 bits per heavy atom. The lowest BCUT2D eigenvalue weighted by Gasteiger charge is -2.11. The van der Waals surface area contributed by atoms with E-state index in [1.54, 1.807) is 13.3 Å². The summed E-state index contributed by atoms with van der Waals surface area (Å²) in [7, 11) is 5.79. The van der Waals surface area contributed by atoms with Crippen molar-refractivity contribution in [1.82, 2.24) is 20.1 Å². The van der Waals surface area contributed by atoms with Crippen LogP contribution in [0.15, 0.2) is 30.5 Å². The van der Waals surface area contributed by atoms with Gasteiger partial charge < -0.3 is 20.3 Å². The highest BCUT2D eigenvalue weighted by Crippen LogP contribution is 2.18. The molecule has 0 aliphatic heterocycles. The number of anilines is 2. The number of rotatable bonds is 9. The van der Waals surface area contributed by atoms with Gasteiger partial charge in [0.25, 0.3) is 0 Å². The number of methoxy groups -OCH3 is 1. The van der Waals surface area contributed by atoms with E-state index in [1.165, 1.54) is 0 Å². The molecule has 0 aliphatic carbocycles. The molecular weight excluding hydrogens is 292 g/mol. The van der Waals surface area contributed by atoms with Gasteiger partial charge in [-0.25, -0.2) is 0 Å². The van der Waals surface area contributed by atoms with E-state index in [4.69, 9.17) is 4.74 Å². The number of para-hydroxylation sites is 1. The van der Waals surface area contributed by atoms with E-state index in [9.17, 15) is 0 Å². The molecular formula is C16H24N6O. The maximum atomic E-state index is 5.33. The first-order chi connectivity index (χ1) is 11.2. The Bertz CT molecular complexity index is 605. The maximum absolute atomic E-state index is 5.33. The van der Waals surface area contributed by atoms with Crippen molar-refractivity contribution in [2.45, 2.75) is 13.0 Å². The number of nitrogens with one attached hydrogen (secondary N) is 2. The zero-order chi connectivity index (χ0) is 16.5. The summed E-state index contributed by atoms with van der Waals surface area (Å²) in [5.74, 6) is 2.06. The molecule has 2 aromatic rings. The first-order valence-corrected chi connectivity index (χ1v) is 7.63. The summed E-state index contributed by atoms with van der Waals surface area (Å²) in [6, 6.07) is 7.85. The summed E-state index contributed by atoms with van der Waals surface area (Å²) in [6.07, 6.45) is 2.67. The van der Waals surface area contributed by atoms with Crippen molar-refractivity contribution in [2.75, 3.05) is 44.9 Å². The highest BCUT2D eigenvalue weighted by Gasteiger charge is 2.04. The van der Waals surface area contributed by atoms with Gasteiger partial charge in [-0.05, 0) is 33.1 Å². The van der Waals surface area contributed by atoms with Crippen LogP contribution in [0.25, 0.3) is 0 Å². The van der Waals surface area contributed by atoms with Gasteiger partial charge in [0, 0.05) is 18.7 Å². The highest BCUT2D eigenvalue weighted by atomic mass is 16.5. The lowest BCUT2D eigenvalue weighted by atomic mass is 10.2. The summed E-state index contributed by atoms with van der Waals surface area (Å²) in [5.41, 5.74) is 1.04. The molecule has 1 aromatic carbocycles. The fourth-order valence-electron chi connectivity index (χ4n) is 2.10. The van der Waals surface area contributed by atoms with Crippen LogP contribution in [0.5, 0.6) is 5.75 Å². The predicted octanol–water partition coefficient (Wildman–Crippen LogP) is 1.86. The number of hydrogen-bond acceptors (Lipinski definition) is 7. The minimum atomic E-state index is 0.494. The van der Waals surface area contributed by atoms with Crippen LogP contribution in [-0.4, -0.2) is 54.4 Å². The molecule has 0 radical (unpaired) electrons. The highest BCUT2D eigenvalue weighted by molar-refractivity contribution is 5.39. The number of aromatic nitrogens is 3. The number of nitrogens with zero attached hydrogens (tertiary/aromatic N) is 4. The standard InChI is InChI=1S/C16H24N6O/c1-22(2)10-6-9-17-15-12-19-21-16(20-15)18-11-13-7-4-5-8-14(13)23-3/h4-5,7-8,12H,6,9-11H2,1-3H3,(H2,17,18,20,21). The summed E-state index contributed by atoms with van der Waals surface area (Å²) < 4.78 is 5.33. The summed E-state index contributed by atoms with van der Waals surface area (Å²) in [5, 5.41) is 14.4. The number of benzene rings is 1. The Hall–Kier alpha value is -2.41. The van der Waals surface area contributed by atoms with E-state index in [1.807, 2.05) is 24.3 Å². The van der Waals surface area contributed by atoms with E-state index >= 15 is 0 Å². The van der Waals surface area contributed by atoms with Crippen LogP contribution >= 0.6 is 0 Å². The molecule has 1 aromatic heterocycles. The van der Waals surface area contributed by atoms with Gasteiger partial charge in [-0.3, -0.25) is 0 Å². The van der Waals surface area contributed by atoms with Crippen molar-refractivity contribution in [3.63, 3.8) is 0 Å². The minimum Gasteiger partial charge on any atom is -0.496 e. The van der Waals surface area contributed by atoms with E-state index in [0.717, 1.165) is 36.6 Å². The average Bonchev–Trinajstić information content (AvgIpc) is 2.57. The lowest BCUT2D eigenvalue weighted by Crippen LogP contribution is -2.17. The zero-order valence-corrected chi connectivity index (χ0v) is 13.9. The second kappa shape index (κ2) is 8.89. The monoisotopic (exact) mass is 316 g/mol. The Labute approximate surface area is 137 Å². The average molecular weight is 316 g/mol. The van der Waals surface area contributed by atoms with Crippen LogP contribution in [0.4, 0.5) is 11.8 Å². The number of ether oxygens (including phenoxy) is 1. The molecule has 7 nitrogen and oxygen atoms in total. The Morgan fingerprint density at radius 2 is 2.00 bits per heavy atom. The minimum absolute atomic E-state index is 0.494. The van der Waals surface area contributed by atoms with E-state index in [0.29, 0.717) is 12.5 Å². The van der Waals surface area contributed by atoms with Crippen molar-refractivity contribution in [3.8, 4) is 5.75 Å². The van der Waals surface area contributed by atoms with Crippen molar-refractivity contribution >= 4 is 11.8 Å². The Morgan fingerprint density at radius 1 is 1.17 bits per heavy atom. The van der Waals surface area contributed by atoms with Crippen LogP contribution in [0.3, 0.4) is 0 Å². The molecule has 0 saturated carbocycles. The molecule has 0 spiro atoms. The van der Waals surface area contributed by atoms with Crippen LogP contribution in [0.2, 0.25) is 0 Å². The van der Waals surface area contributed by atoms with Gasteiger partial charge in [0.2, 0.25) is 5.95 Å². The first kappa shape index (κ1) is 17.0. The molecule has 7 heteroatoms. The van der Waals surface area contributed by atoms with Gasteiger partial charge >= 0.3 is 0 Å². The summed E-state index contributed by atoms with van der Waals surface area (Å²) in [6.45, 7) is 2.46. The van der Waals surface area contributed by atoms with Gasteiger partial charge in [-0.1, -0.05) is 18.2 Å². The normalized spacial score (nSPS) is 10.6. The molecule has 2 rings (SSSR count). The largest absolute Gasteiger partial charge is 0.496 e. The van der Waals surface area contributed by atoms with Crippen LogP contribution in [-0.2, 0) is 6.54 Å². The Kier molecular flexibility index (Phi) is 6.56. The molecule has 0 fully saturated rings. The molecule has 0 bridgehead atoms. The molecule has 23 heavy (non-hydrogen) atoms. The SMILES string of the molecule is COc1ccccc1CNc1nncc(NCCCN(C)C)n1. The molecule has 0 aliphatic rings. The van der Waals surface area contributed by atoms with Crippen molar-refractivity contribution in [2.24, 2.45) is 0 Å². The molecule has 0 atom stereocenters. The predicted molar refractivity (Wildman–Crippen MR) is 91.8 cm³/mol. The maximum Gasteiger partial charge on any atom is 0.244 e. The topological polar surface area (TPSA) is 75.2 Å². The second-order valence-corrected chi connectivity index (χ2v) is 5.41. The van der Waals surface area contributed by atoms with Gasteiger partial charge in [0.1, 0.15) is 5.75 Å². The van der Waals surface area contributed by atoms with E-state index < -0.39 is 0 Å². The molecule has 1 heterocycles. The first-order valence-electron chi connectivity index (χ1n) is 7.63. The number of hydrogen-bond donors (Lipinski definition) is 2. The third-order valence-electron chi connectivity index (χ3n) is 3.28. The van der Waals surface area contributed by atoms with Crippen molar-refractivity contribution in [3.05, 3.63) is 36.0 Å². The van der Waals surface area contributed by atoms with Crippen LogP contribution in [0, 0.1) is 0 Å². The molecule has 0 unspecified atom stereocenters. The molecule has 0 amide bonds. The summed E-state index contributed by atoms with van der Waals surface area (Å²) >= 11 is 0. The van der Waals surface area contributed by atoms with Gasteiger partial charge in [0.05, 0.1) is 13.3 Å².